The summed E-state index contributed by atoms with van der Waals surface area (Å²) in [6.07, 6.45) is 1.39. The van der Waals surface area contributed by atoms with Crippen molar-refractivity contribution in [2.75, 3.05) is 5.32 Å². The summed E-state index contributed by atoms with van der Waals surface area (Å²) in [5, 5.41) is 19.1. The molecule has 1 aromatic heterocycles. The quantitative estimate of drug-likeness (QED) is 0.648. The number of aromatic nitrogens is 2. The van der Waals surface area contributed by atoms with Crippen molar-refractivity contribution in [3.8, 4) is 17.0 Å². The monoisotopic (exact) mass is 311 g/mol. The number of hydrogen-bond donors (Lipinski definition) is 3. The van der Waals surface area contributed by atoms with Crippen molar-refractivity contribution in [3.63, 3.8) is 0 Å². The highest BCUT2D eigenvalue weighted by molar-refractivity contribution is 6.08. The van der Waals surface area contributed by atoms with Crippen molar-refractivity contribution >= 4 is 11.6 Å². The highest BCUT2D eigenvalue weighted by atomic mass is 19.1. The number of hydrogen-bond acceptors (Lipinski definition) is 3. The number of aryl methyl sites for hydroxylation is 1. The third kappa shape index (κ3) is 3.06. The first-order valence-electron chi connectivity index (χ1n) is 6.95. The first kappa shape index (κ1) is 14.8. The fourth-order valence-corrected chi connectivity index (χ4v) is 2.23. The number of anilines is 1. The highest BCUT2D eigenvalue weighted by Gasteiger charge is 2.16. The molecule has 0 aliphatic rings. The topological polar surface area (TPSA) is 78.0 Å². The molecule has 2 aromatic carbocycles. The van der Waals surface area contributed by atoms with Gasteiger partial charge in [-0.2, -0.15) is 5.10 Å². The van der Waals surface area contributed by atoms with E-state index in [2.05, 4.69) is 15.5 Å². The third-order valence-corrected chi connectivity index (χ3v) is 3.42. The molecule has 0 spiro atoms. The van der Waals surface area contributed by atoms with E-state index in [1.165, 1.54) is 18.3 Å². The smallest absolute Gasteiger partial charge is 0.259 e. The lowest BCUT2D eigenvalue weighted by atomic mass is 10.1. The zero-order valence-electron chi connectivity index (χ0n) is 12.3. The molecule has 3 rings (SSSR count). The number of amides is 1. The highest BCUT2D eigenvalue weighted by Crippen LogP contribution is 2.26. The fourth-order valence-electron chi connectivity index (χ4n) is 2.23. The van der Waals surface area contributed by atoms with Gasteiger partial charge in [-0.25, -0.2) is 4.39 Å². The first-order valence-corrected chi connectivity index (χ1v) is 6.95. The van der Waals surface area contributed by atoms with E-state index in [0.717, 1.165) is 5.56 Å². The maximum atomic E-state index is 13.0. The van der Waals surface area contributed by atoms with E-state index >= 15 is 0 Å². The number of benzene rings is 2. The van der Waals surface area contributed by atoms with Gasteiger partial charge in [0.1, 0.15) is 11.6 Å². The molecular weight excluding hydrogens is 297 g/mol. The van der Waals surface area contributed by atoms with Crippen molar-refractivity contribution in [2.45, 2.75) is 6.92 Å². The Labute approximate surface area is 131 Å². The first-order chi connectivity index (χ1) is 11.0. The van der Waals surface area contributed by atoms with Gasteiger partial charge in [-0.15, -0.1) is 0 Å². The van der Waals surface area contributed by atoms with E-state index in [9.17, 15) is 14.3 Å². The fraction of sp³-hybridized carbons (Fsp3) is 0.0588. The van der Waals surface area contributed by atoms with E-state index in [4.69, 9.17) is 0 Å². The molecule has 1 amide bonds. The molecule has 23 heavy (non-hydrogen) atoms. The number of phenols is 1. The predicted molar refractivity (Wildman–Crippen MR) is 84.8 cm³/mol. The Morgan fingerprint density at radius 3 is 2.65 bits per heavy atom. The summed E-state index contributed by atoms with van der Waals surface area (Å²) in [5.74, 6) is -0.786. The number of rotatable bonds is 3. The zero-order chi connectivity index (χ0) is 16.4. The molecule has 0 bridgehead atoms. The molecule has 0 unspecified atom stereocenters. The molecule has 0 atom stereocenters. The normalized spacial score (nSPS) is 10.5. The van der Waals surface area contributed by atoms with Gasteiger partial charge < -0.3 is 10.4 Å². The van der Waals surface area contributed by atoms with Gasteiger partial charge in [0, 0.05) is 5.56 Å². The third-order valence-electron chi connectivity index (χ3n) is 3.42. The number of aromatic amines is 1. The van der Waals surface area contributed by atoms with Gasteiger partial charge in [-0.05, 0) is 48.9 Å². The van der Waals surface area contributed by atoms with E-state index < -0.39 is 5.91 Å². The van der Waals surface area contributed by atoms with Gasteiger partial charge in [0.2, 0.25) is 0 Å². The lowest BCUT2D eigenvalue weighted by molar-refractivity contribution is 0.102. The van der Waals surface area contributed by atoms with Crippen LogP contribution in [-0.4, -0.2) is 21.2 Å². The maximum Gasteiger partial charge on any atom is 0.259 e. The summed E-state index contributed by atoms with van der Waals surface area (Å²) in [5.41, 5.74) is 2.62. The van der Waals surface area contributed by atoms with Crippen LogP contribution in [0.3, 0.4) is 0 Å². The molecule has 116 valence electrons. The summed E-state index contributed by atoms with van der Waals surface area (Å²) in [6.45, 7) is 1.84. The van der Waals surface area contributed by atoms with E-state index in [0.29, 0.717) is 22.5 Å². The lowest BCUT2D eigenvalue weighted by Crippen LogP contribution is -2.12. The number of halogens is 1. The number of carbonyl (C=O) groups excluding carboxylic acids is 1. The average Bonchev–Trinajstić information content (AvgIpc) is 3.00. The van der Waals surface area contributed by atoms with Crippen molar-refractivity contribution < 1.29 is 14.3 Å². The molecule has 3 aromatic rings. The second-order valence-corrected chi connectivity index (χ2v) is 5.14. The van der Waals surface area contributed by atoms with Gasteiger partial charge >= 0.3 is 0 Å². The largest absolute Gasteiger partial charge is 0.506 e. The molecule has 0 radical (unpaired) electrons. The second-order valence-electron chi connectivity index (χ2n) is 5.14. The molecule has 5 nitrogen and oxygen atoms in total. The van der Waals surface area contributed by atoms with Crippen LogP contribution in [0.5, 0.6) is 5.75 Å². The Balaban J connectivity index is 1.89. The van der Waals surface area contributed by atoms with Crippen molar-refractivity contribution in [3.05, 3.63) is 65.6 Å². The van der Waals surface area contributed by atoms with Gasteiger partial charge in [-0.1, -0.05) is 6.07 Å². The average molecular weight is 311 g/mol. The van der Waals surface area contributed by atoms with E-state index in [1.807, 2.05) is 6.92 Å². The number of nitrogens with one attached hydrogen (secondary N) is 2. The Kier molecular flexibility index (Phi) is 3.80. The number of nitrogens with zero attached hydrogens (tertiary/aromatic N) is 1. The van der Waals surface area contributed by atoms with Crippen LogP contribution in [0, 0.1) is 12.7 Å². The summed E-state index contributed by atoms with van der Waals surface area (Å²) < 4.78 is 13.0. The van der Waals surface area contributed by atoms with Crippen molar-refractivity contribution in [1.29, 1.82) is 0 Å². The molecule has 0 saturated carbocycles. The van der Waals surface area contributed by atoms with Crippen LogP contribution < -0.4 is 5.32 Å². The summed E-state index contributed by atoms with van der Waals surface area (Å²) in [4.78, 5) is 12.4. The van der Waals surface area contributed by atoms with Crippen molar-refractivity contribution in [1.82, 2.24) is 10.2 Å². The molecule has 3 N–H and O–H groups in total. The minimum atomic E-state index is -0.419. The van der Waals surface area contributed by atoms with Crippen LogP contribution in [0.2, 0.25) is 0 Å². The van der Waals surface area contributed by atoms with Crippen molar-refractivity contribution in [2.24, 2.45) is 0 Å². The van der Waals surface area contributed by atoms with Gasteiger partial charge in [0.15, 0.2) is 0 Å². The summed E-state index contributed by atoms with van der Waals surface area (Å²) in [6, 6.07) is 10.7. The van der Waals surface area contributed by atoms with Crippen LogP contribution in [0.15, 0.2) is 48.7 Å². The van der Waals surface area contributed by atoms with Crippen LogP contribution in [0.4, 0.5) is 10.1 Å². The van der Waals surface area contributed by atoms with Crippen LogP contribution in [0.25, 0.3) is 11.3 Å². The number of carbonyl (C=O) groups is 1. The van der Waals surface area contributed by atoms with E-state index in [-0.39, 0.29) is 11.6 Å². The molecule has 1 heterocycles. The summed E-state index contributed by atoms with van der Waals surface area (Å²) >= 11 is 0. The predicted octanol–water partition coefficient (Wildman–Crippen LogP) is 3.48. The van der Waals surface area contributed by atoms with Crippen LogP contribution >= 0.6 is 0 Å². The molecule has 0 saturated heterocycles. The summed E-state index contributed by atoms with van der Waals surface area (Å²) in [7, 11) is 0. The Morgan fingerprint density at radius 2 is 1.96 bits per heavy atom. The standard InChI is InChI=1S/C17H14FN3O2/c1-10-2-7-14(15(22)8-10)20-17(23)13-9-19-21-16(13)11-3-5-12(18)6-4-11/h2-9,22H,1H3,(H,19,21)(H,20,23). The molecular formula is C17H14FN3O2. The van der Waals surface area contributed by atoms with Crippen LogP contribution in [-0.2, 0) is 0 Å². The minimum absolute atomic E-state index is 0.00910. The Hall–Kier alpha value is -3.15. The zero-order valence-corrected chi connectivity index (χ0v) is 12.3. The maximum absolute atomic E-state index is 13.0. The van der Waals surface area contributed by atoms with Gasteiger partial charge in [0.25, 0.3) is 5.91 Å². The number of H-pyrrole nitrogens is 1. The molecule has 0 aliphatic heterocycles. The Bertz CT molecular complexity index is 857. The second kappa shape index (κ2) is 5.92. The van der Waals surface area contributed by atoms with Gasteiger partial charge in [-0.3, -0.25) is 9.89 Å². The SMILES string of the molecule is Cc1ccc(NC(=O)c2cn[nH]c2-c2ccc(F)cc2)c(O)c1. The minimum Gasteiger partial charge on any atom is -0.506 e. The molecule has 0 aliphatic carbocycles. The van der Waals surface area contributed by atoms with E-state index in [1.54, 1.807) is 30.3 Å². The number of phenolic OH excluding ortho intramolecular Hbond substituents is 1. The molecule has 6 heteroatoms. The van der Waals surface area contributed by atoms with Crippen LogP contribution in [0.1, 0.15) is 15.9 Å². The molecule has 0 fully saturated rings. The lowest BCUT2D eigenvalue weighted by Gasteiger charge is -2.08. The Morgan fingerprint density at radius 1 is 1.22 bits per heavy atom. The van der Waals surface area contributed by atoms with Gasteiger partial charge in [0.05, 0.1) is 23.1 Å². The number of aromatic hydroxyl groups is 1.